The first-order chi connectivity index (χ1) is 11.5. The number of rotatable bonds is 2. The van der Waals surface area contributed by atoms with Gasteiger partial charge in [-0.2, -0.15) is 18.4 Å². The molecule has 0 N–H and O–H groups in total. The number of halogens is 3. The maximum atomic E-state index is 12.9. The Labute approximate surface area is 137 Å². The maximum absolute atomic E-state index is 12.9. The minimum Gasteiger partial charge on any atom is -0.368 e. The van der Waals surface area contributed by atoms with E-state index < -0.39 is 11.9 Å². The molecule has 3 heterocycles. The molecule has 0 saturated carbocycles. The highest BCUT2D eigenvalue weighted by atomic mass is 19.4. The number of nitrogens with zero attached hydrogens (tertiary/aromatic N) is 5. The Hall–Kier alpha value is -2.82. The van der Waals surface area contributed by atoms with Crippen molar-refractivity contribution < 1.29 is 13.2 Å². The van der Waals surface area contributed by atoms with Crippen LogP contribution in [-0.4, -0.2) is 36.1 Å². The van der Waals surface area contributed by atoms with Gasteiger partial charge in [0.25, 0.3) is 0 Å². The summed E-state index contributed by atoms with van der Waals surface area (Å²) in [5.74, 6) is 0.0988. The van der Waals surface area contributed by atoms with Crippen LogP contribution in [0.4, 0.5) is 24.7 Å². The lowest BCUT2D eigenvalue weighted by atomic mass is 10.2. The van der Waals surface area contributed by atoms with E-state index in [1.54, 1.807) is 17.3 Å². The van der Waals surface area contributed by atoms with Crippen molar-refractivity contribution in [2.45, 2.75) is 6.18 Å². The topological polar surface area (TPSA) is 56.1 Å². The van der Waals surface area contributed by atoms with Crippen LogP contribution in [-0.2, 0) is 6.18 Å². The zero-order valence-electron chi connectivity index (χ0n) is 12.7. The van der Waals surface area contributed by atoms with Gasteiger partial charge < -0.3 is 9.80 Å². The SMILES string of the molecule is N#Cc1ccc(C(F)(F)F)nc1N1CCN(c2ccncc2)CC1. The van der Waals surface area contributed by atoms with Crippen LogP contribution in [0.3, 0.4) is 0 Å². The van der Waals surface area contributed by atoms with E-state index in [1.807, 2.05) is 18.2 Å². The van der Waals surface area contributed by atoms with Crippen LogP contribution in [0, 0.1) is 11.3 Å². The van der Waals surface area contributed by atoms with E-state index in [4.69, 9.17) is 5.26 Å². The number of nitriles is 1. The molecule has 1 aliphatic heterocycles. The molecule has 0 aromatic carbocycles. The second-order valence-corrected chi connectivity index (χ2v) is 5.36. The molecule has 3 rings (SSSR count). The molecule has 5 nitrogen and oxygen atoms in total. The molecule has 0 radical (unpaired) electrons. The van der Waals surface area contributed by atoms with Crippen molar-refractivity contribution >= 4 is 11.5 Å². The highest BCUT2D eigenvalue weighted by molar-refractivity contribution is 5.56. The van der Waals surface area contributed by atoms with Crippen LogP contribution < -0.4 is 9.80 Å². The van der Waals surface area contributed by atoms with Gasteiger partial charge in [-0.25, -0.2) is 4.98 Å². The third kappa shape index (κ3) is 3.25. The van der Waals surface area contributed by atoms with Crippen LogP contribution >= 0.6 is 0 Å². The summed E-state index contributed by atoms with van der Waals surface area (Å²) < 4.78 is 38.6. The summed E-state index contributed by atoms with van der Waals surface area (Å²) in [6.45, 7) is 2.25. The standard InChI is InChI=1S/C16H14F3N5/c17-16(18,19)14-2-1-12(11-20)15(22-14)24-9-7-23(8-10-24)13-3-5-21-6-4-13/h1-6H,7-10H2. The van der Waals surface area contributed by atoms with E-state index in [1.165, 1.54) is 6.07 Å². The molecule has 0 spiro atoms. The van der Waals surface area contributed by atoms with E-state index in [2.05, 4.69) is 14.9 Å². The van der Waals surface area contributed by atoms with Crippen LogP contribution in [0.15, 0.2) is 36.7 Å². The summed E-state index contributed by atoms with van der Waals surface area (Å²) in [6.07, 6.45) is -1.13. The second kappa shape index (κ2) is 6.35. The summed E-state index contributed by atoms with van der Waals surface area (Å²) in [7, 11) is 0. The number of pyridine rings is 2. The van der Waals surface area contributed by atoms with Crippen LogP contribution in [0.5, 0.6) is 0 Å². The molecule has 0 bridgehead atoms. The average molecular weight is 333 g/mol. The minimum atomic E-state index is -4.53. The molecule has 2 aromatic heterocycles. The molecule has 124 valence electrons. The molecule has 0 aliphatic carbocycles. The first-order valence-corrected chi connectivity index (χ1v) is 7.37. The predicted molar refractivity (Wildman–Crippen MR) is 82.6 cm³/mol. The van der Waals surface area contributed by atoms with Gasteiger partial charge in [0.05, 0.1) is 5.56 Å². The lowest BCUT2D eigenvalue weighted by Crippen LogP contribution is -2.47. The normalized spacial score (nSPS) is 15.2. The van der Waals surface area contributed by atoms with Crippen LogP contribution in [0.25, 0.3) is 0 Å². The largest absolute Gasteiger partial charge is 0.433 e. The molecule has 2 aromatic rings. The quantitative estimate of drug-likeness (QED) is 0.846. The van der Waals surface area contributed by atoms with Gasteiger partial charge in [0.1, 0.15) is 17.6 Å². The minimum absolute atomic E-state index is 0.0988. The van der Waals surface area contributed by atoms with Crippen molar-refractivity contribution in [3.05, 3.63) is 47.9 Å². The number of aromatic nitrogens is 2. The number of hydrogen-bond donors (Lipinski definition) is 0. The highest BCUT2D eigenvalue weighted by Crippen LogP contribution is 2.31. The van der Waals surface area contributed by atoms with Gasteiger partial charge in [-0.05, 0) is 24.3 Å². The first-order valence-electron chi connectivity index (χ1n) is 7.37. The smallest absolute Gasteiger partial charge is 0.368 e. The molecule has 1 fully saturated rings. The molecular weight excluding hydrogens is 319 g/mol. The van der Waals surface area contributed by atoms with Crippen molar-refractivity contribution in [3.8, 4) is 6.07 Å². The van der Waals surface area contributed by atoms with Gasteiger partial charge in [0, 0.05) is 44.3 Å². The number of piperazine rings is 1. The van der Waals surface area contributed by atoms with Crippen molar-refractivity contribution in [3.63, 3.8) is 0 Å². The zero-order valence-corrected chi connectivity index (χ0v) is 12.7. The summed E-state index contributed by atoms with van der Waals surface area (Å²) in [6, 6.07) is 7.72. The zero-order chi connectivity index (χ0) is 17.2. The fraction of sp³-hybridized carbons (Fsp3) is 0.312. The van der Waals surface area contributed by atoms with E-state index >= 15 is 0 Å². The van der Waals surface area contributed by atoms with Crippen molar-refractivity contribution in [2.75, 3.05) is 36.0 Å². The second-order valence-electron chi connectivity index (χ2n) is 5.36. The molecule has 0 unspecified atom stereocenters. The first kappa shape index (κ1) is 16.1. The third-order valence-corrected chi connectivity index (χ3v) is 3.89. The number of anilines is 2. The molecule has 24 heavy (non-hydrogen) atoms. The molecule has 1 aliphatic rings. The molecule has 8 heteroatoms. The predicted octanol–water partition coefficient (Wildman–Crippen LogP) is 2.69. The molecule has 1 saturated heterocycles. The van der Waals surface area contributed by atoms with Crippen molar-refractivity contribution in [2.24, 2.45) is 0 Å². The summed E-state index contributed by atoms with van der Waals surface area (Å²) in [4.78, 5) is 11.5. The van der Waals surface area contributed by atoms with Crippen molar-refractivity contribution in [1.82, 2.24) is 9.97 Å². The van der Waals surface area contributed by atoms with Gasteiger partial charge in [0.2, 0.25) is 0 Å². The fourth-order valence-electron chi connectivity index (χ4n) is 2.67. The van der Waals surface area contributed by atoms with Crippen LogP contribution in [0.2, 0.25) is 0 Å². The van der Waals surface area contributed by atoms with Crippen LogP contribution in [0.1, 0.15) is 11.3 Å². The Morgan fingerprint density at radius 1 is 0.958 bits per heavy atom. The lowest BCUT2D eigenvalue weighted by Gasteiger charge is -2.37. The monoisotopic (exact) mass is 333 g/mol. The summed E-state index contributed by atoms with van der Waals surface area (Å²) in [5, 5.41) is 9.16. The van der Waals surface area contributed by atoms with Gasteiger partial charge in [-0.15, -0.1) is 0 Å². The van der Waals surface area contributed by atoms with Gasteiger partial charge in [-0.1, -0.05) is 0 Å². The van der Waals surface area contributed by atoms with Gasteiger partial charge >= 0.3 is 6.18 Å². The Morgan fingerprint density at radius 3 is 2.17 bits per heavy atom. The van der Waals surface area contributed by atoms with E-state index in [9.17, 15) is 13.2 Å². The summed E-state index contributed by atoms with van der Waals surface area (Å²) in [5.41, 5.74) is 0.190. The lowest BCUT2D eigenvalue weighted by molar-refractivity contribution is -0.141. The Bertz CT molecular complexity index is 747. The number of alkyl halides is 3. The Kier molecular flexibility index (Phi) is 4.25. The molecular formula is C16H14F3N5. The Morgan fingerprint density at radius 2 is 1.58 bits per heavy atom. The summed E-state index contributed by atoms with van der Waals surface area (Å²) >= 11 is 0. The fourth-order valence-corrected chi connectivity index (χ4v) is 2.67. The Balaban J connectivity index is 1.80. The molecule has 0 amide bonds. The number of hydrogen-bond acceptors (Lipinski definition) is 5. The van der Waals surface area contributed by atoms with Gasteiger partial charge in [-0.3, -0.25) is 4.98 Å². The average Bonchev–Trinajstić information content (AvgIpc) is 2.61. The van der Waals surface area contributed by atoms with E-state index in [-0.39, 0.29) is 11.4 Å². The van der Waals surface area contributed by atoms with Crippen molar-refractivity contribution in [1.29, 1.82) is 5.26 Å². The molecule has 0 atom stereocenters. The van der Waals surface area contributed by atoms with E-state index in [0.717, 1.165) is 11.8 Å². The van der Waals surface area contributed by atoms with Gasteiger partial charge in [0.15, 0.2) is 0 Å². The highest BCUT2D eigenvalue weighted by Gasteiger charge is 2.34. The maximum Gasteiger partial charge on any atom is 0.433 e. The third-order valence-electron chi connectivity index (χ3n) is 3.89. The van der Waals surface area contributed by atoms with E-state index in [0.29, 0.717) is 26.2 Å².